The first-order chi connectivity index (χ1) is 13.9. The molecule has 2 N–H and O–H groups in total. The van der Waals surface area contributed by atoms with Gasteiger partial charge in [0.25, 0.3) is 5.91 Å². The molecule has 3 aliphatic heterocycles. The summed E-state index contributed by atoms with van der Waals surface area (Å²) in [6.07, 6.45) is 0. The minimum atomic E-state index is -0.388. The number of likely N-dealkylation sites (N-methyl/N-ethyl adjacent to an activating group) is 1. The smallest absolute Gasteiger partial charge is 0.322 e. The maximum atomic E-state index is 13.4. The van der Waals surface area contributed by atoms with Crippen LogP contribution in [0.3, 0.4) is 0 Å². The number of quaternary nitrogens is 1. The SMILES string of the molecule is Cc1cc(C)c([C@H]2NC(=O)N(C)C3=C2C(=O)N(CC[NH+]2CCOCC2)C3)cc1C. The number of morpholine rings is 1. The van der Waals surface area contributed by atoms with E-state index >= 15 is 0 Å². The molecular formula is C22H31N4O3+. The van der Waals surface area contributed by atoms with Gasteiger partial charge < -0.3 is 19.9 Å². The van der Waals surface area contributed by atoms with Crippen LogP contribution in [-0.4, -0.2) is 74.7 Å². The van der Waals surface area contributed by atoms with Crippen molar-refractivity contribution in [1.29, 1.82) is 0 Å². The summed E-state index contributed by atoms with van der Waals surface area (Å²) in [6, 6.07) is 3.70. The largest absolute Gasteiger partial charge is 0.370 e. The molecule has 3 amide bonds. The van der Waals surface area contributed by atoms with E-state index in [-0.39, 0.29) is 18.0 Å². The molecule has 0 unspecified atom stereocenters. The number of ether oxygens (including phenoxy) is 1. The first-order valence-electron chi connectivity index (χ1n) is 10.4. The van der Waals surface area contributed by atoms with Gasteiger partial charge in [-0.25, -0.2) is 4.79 Å². The summed E-state index contributed by atoms with van der Waals surface area (Å²) in [7, 11) is 1.75. The molecule has 1 atom stereocenters. The second-order valence-electron chi connectivity index (χ2n) is 8.43. The van der Waals surface area contributed by atoms with Crippen LogP contribution in [0.25, 0.3) is 0 Å². The highest BCUT2D eigenvalue weighted by molar-refractivity contribution is 6.01. The van der Waals surface area contributed by atoms with Gasteiger partial charge in [0.2, 0.25) is 0 Å². The van der Waals surface area contributed by atoms with Crippen molar-refractivity contribution in [2.75, 3.05) is 53.0 Å². The molecule has 29 heavy (non-hydrogen) atoms. The van der Waals surface area contributed by atoms with Gasteiger partial charge in [0.05, 0.1) is 50.2 Å². The van der Waals surface area contributed by atoms with Gasteiger partial charge in [-0.15, -0.1) is 0 Å². The molecule has 0 bridgehead atoms. The summed E-state index contributed by atoms with van der Waals surface area (Å²) in [5.41, 5.74) is 6.04. The van der Waals surface area contributed by atoms with Crippen LogP contribution < -0.4 is 10.2 Å². The monoisotopic (exact) mass is 399 g/mol. The molecule has 0 spiro atoms. The molecular weight excluding hydrogens is 368 g/mol. The Kier molecular flexibility index (Phi) is 5.36. The number of urea groups is 1. The second kappa shape index (κ2) is 7.80. The summed E-state index contributed by atoms with van der Waals surface area (Å²) in [5.74, 6) is 0.0436. The van der Waals surface area contributed by atoms with Gasteiger partial charge in [-0.1, -0.05) is 12.1 Å². The highest BCUT2D eigenvalue weighted by Gasteiger charge is 2.43. The van der Waals surface area contributed by atoms with E-state index in [2.05, 4.69) is 31.3 Å². The molecule has 0 aliphatic carbocycles. The van der Waals surface area contributed by atoms with Gasteiger partial charge in [0.1, 0.15) is 13.1 Å². The van der Waals surface area contributed by atoms with E-state index < -0.39 is 0 Å². The van der Waals surface area contributed by atoms with E-state index in [0.29, 0.717) is 13.1 Å². The molecule has 7 heteroatoms. The first kappa shape index (κ1) is 19.9. The van der Waals surface area contributed by atoms with Gasteiger partial charge in [-0.3, -0.25) is 9.69 Å². The number of hydrogen-bond donors (Lipinski definition) is 2. The van der Waals surface area contributed by atoms with E-state index in [1.54, 1.807) is 11.9 Å². The van der Waals surface area contributed by atoms with Crippen LogP contribution >= 0.6 is 0 Å². The van der Waals surface area contributed by atoms with Crippen LogP contribution in [0.15, 0.2) is 23.4 Å². The number of benzene rings is 1. The predicted octanol–water partition coefficient (Wildman–Crippen LogP) is 0.319. The fourth-order valence-corrected chi connectivity index (χ4v) is 4.53. The summed E-state index contributed by atoms with van der Waals surface area (Å²) >= 11 is 0. The Morgan fingerprint density at radius 2 is 1.79 bits per heavy atom. The Labute approximate surface area is 172 Å². The zero-order valence-corrected chi connectivity index (χ0v) is 17.8. The van der Waals surface area contributed by atoms with E-state index in [4.69, 9.17) is 4.74 Å². The van der Waals surface area contributed by atoms with E-state index in [1.165, 1.54) is 16.0 Å². The average Bonchev–Trinajstić information content (AvgIpc) is 3.04. The highest BCUT2D eigenvalue weighted by Crippen LogP contribution is 2.37. The molecule has 1 fully saturated rings. The lowest BCUT2D eigenvalue weighted by atomic mass is 9.90. The molecule has 3 aliphatic rings. The van der Waals surface area contributed by atoms with Gasteiger partial charge in [0, 0.05) is 7.05 Å². The Bertz CT molecular complexity index is 873. The minimum Gasteiger partial charge on any atom is -0.370 e. The topological polar surface area (TPSA) is 66.3 Å². The number of nitrogens with zero attached hydrogens (tertiary/aromatic N) is 2. The number of rotatable bonds is 4. The van der Waals surface area contributed by atoms with Crippen molar-refractivity contribution in [3.8, 4) is 0 Å². The average molecular weight is 400 g/mol. The number of carbonyl (C=O) groups is 2. The van der Waals surface area contributed by atoms with Crippen LogP contribution in [0.1, 0.15) is 28.3 Å². The molecule has 0 aromatic heterocycles. The standard InChI is InChI=1S/C22H30N4O3/c1-14-11-16(3)17(12-15(14)2)20-19-18(24(4)22(28)23-20)13-26(21(19)27)6-5-25-7-9-29-10-8-25/h11-12,20H,5-10,13H2,1-4H3,(H,23,28)/p+1/t20-/m1/s1. The number of hydrogen-bond acceptors (Lipinski definition) is 3. The fourth-order valence-electron chi connectivity index (χ4n) is 4.53. The number of amides is 3. The molecule has 3 heterocycles. The maximum Gasteiger partial charge on any atom is 0.322 e. The zero-order chi connectivity index (χ0) is 20.7. The Balaban J connectivity index is 1.59. The van der Waals surface area contributed by atoms with Crippen LogP contribution in [-0.2, 0) is 9.53 Å². The summed E-state index contributed by atoms with van der Waals surface area (Å²) in [4.78, 5) is 31.0. The van der Waals surface area contributed by atoms with Crippen molar-refractivity contribution in [3.05, 3.63) is 45.7 Å². The van der Waals surface area contributed by atoms with Crippen LogP contribution in [0.5, 0.6) is 0 Å². The summed E-state index contributed by atoms with van der Waals surface area (Å²) in [5, 5.41) is 3.06. The maximum absolute atomic E-state index is 13.4. The third-order valence-electron chi connectivity index (χ3n) is 6.56. The number of aryl methyl sites for hydroxylation is 3. The third-order valence-corrected chi connectivity index (χ3v) is 6.56. The van der Waals surface area contributed by atoms with Crippen molar-refractivity contribution >= 4 is 11.9 Å². The Morgan fingerprint density at radius 3 is 2.52 bits per heavy atom. The Hall–Kier alpha value is -2.38. The van der Waals surface area contributed by atoms with Crippen molar-refractivity contribution in [2.24, 2.45) is 0 Å². The van der Waals surface area contributed by atoms with Crippen LogP contribution in [0.2, 0.25) is 0 Å². The number of carbonyl (C=O) groups excluding carboxylic acids is 2. The predicted molar refractivity (Wildman–Crippen MR) is 110 cm³/mol. The first-order valence-corrected chi connectivity index (χ1v) is 10.4. The molecule has 1 aromatic carbocycles. The summed E-state index contributed by atoms with van der Waals surface area (Å²) < 4.78 is 5.43. The minimum absolute atomic E-state index is 0.0436. The van der Waals surface area contributed by atoms with E-state index in [1.807, 2.05) is 11.8 Å². The molecule has 156 valence electrons. The molecule has 4 rings (SSSR count). The molecule has 1 aromatic rings. The summed E-state index contributed by atoms with van der Waals surface area (Å²) in [6.45, 7) is 11.8. The van der Waals surface area contributed by atoms with Crippen LogP contribution in [0.4, 0.5) is 4.79 Å². The van der Waals surface area contributed by atoms with Crippen LogP contribution in [0, 0.1) is 20.8 Å². The van der Waals surface area contributed by atoms with Crippen molar-refractivity contribution in [3.63, 3.8) is 0 Å². The van der Waals surface area contributed by atoms with Gasteiger partial charge in [0.15, 0.2) is 0 Å². The third kappa shape index (κ3) is 3.65. The second-order valence-corrected chi connectivity index (χ2v) is 8.43. The molecule has 1 saturated heterocycles. The quantitative estimate of drug-likeness (QED) is 0.766. The Morgan fingerprint density at radius 1 is 1.10 bits per heavy atom. The van der Waals surface area contributed by atoms with E-state index in [9.17, 15) is 9.59 Å². The lowest BCUT2D eigenvalue weighted by Gasteiger charge is -2.32. The zero-order valence-electron chi connectivity index (χ0n) is 17.8. The fraction of sp³-hybridized carbons (Fsp3) is 0.545. The van der Waals surface area contributed by atoms with Gasteiger partial charge in [-0.05, 0) is 43.0 Å². The van der Waals surface area contributed by atoms with Crippen molar-refractivity contribution in [2.45, 2.75) is 26.8 Å². The van der Waals surface area contributed by atoms with Crippen molar-refractivity contribution in [1.82, 2.24) is 15.1 Å². The van der Waals surface area contributed by atoms with Gasteiger partial charge in [-0.2, -0.15) is 0 Å². The van der Waals surface area contributed by atoms with Crippen molar-refractivity contribution < 1.29 is 19.2 Å². The number of nitrogens with one attached hydrogen (secondary N) is 2. The molecule has 7 nitrogen and oxygen atoms in total. The van der Waals surface area contributed by atoms with Gasteiger partial charge >= 0.3 is 6.03 Å². The lowest BCUT2D eigenvalue weighted by Crippen LogP contribution is -3.14. The highest BCUT2D eigenvalue weighted by atomic mass is 16.5. The van der Waals surface area contributed by atoms with E-state index in [0.717, 1.165) is 55.2 Å². The molecule has 0 saturated carbocycles. The normalized spacial score (nSPS) is 23.0. The molecule has 0 radical (unpaired) electrons. The lowest BCUT2D eigenvalue weighted by molar-refractivity contribution is -0.907.